The van der Waals surface area contributed by atoms with Crippen molar-refractivity contribution in [1.29, 1.82) is 0 Å². The summed E-state index contributed by atoms with van der Waals surface area (Å²) in [7, 11) is 0. The summed E-state index contributed by atoms with van der Waals surface area (Å²) in [6.07, 6.45) is 4.31. The minimum absolute atomic E-state index is 0.211. The number of rotatable bonds is 9. The quantitative estimate of drug-likeness (QED) is 0.442. The number of hydrogen-bond acceptors (Lipinski definition) is 2. The highest BCUT2D eigenvalue weighted by atomic mass is 16.2. The summed E-state index contributed by atoms with van der Waals surface area (Å²) in [5.41, 5.74) is 4.34. The summed E-state index contributed by atoms with van der Waals surface area (Å²) in [4.78, 5) is 26.6. The van der Waals surface area contributed by atoms with E-state index in [2.05, 4.69) is 59.2 Å². The molecular weight excluding hydrogens is 422 g/mol. The van der Waals surface area contributed by atoms with Gasteiger partial charge < -0.3 is 15.5 Å². The monoisotopic (exact) mass is 455 g/mol. The molecule has 0 spiro atoms. The van der Waals surface area contributed by atoms with Gasteiger partial charge in [-0.3, -0.25) is 4.79 Å². The van der Waals surface area contributed by atoms with E-state index in [9.17, 15) is 9.59 Å². The van der Waals surface area contributed by atoms with Crippen molar-refractivity contribution in [3.05, 3.63) is 102 Å². The van der Waals surface area contributed by atoms with Gasteiger partial charge in [0.25, 0.3) is 0 Å². The van der Waals surface area contributed by atoms with E-state index in [1.807, 2.05) is 41.3 Å². The SMILES string of the molecule is O=C(NCCC(c1ccccc1)c1ccccc1)Nc1ccc(CCC(=O)N2CCCC2)cc1. The maximum atomic E-state index is 12.4. The van der Waals surface area contributed by atoms with Crippen molar-refractivity contribution >= 4 is 17.6 Å². The van der Waals surface area contributed by atoms with E-state index >= 15 is 0 Å². The minimum atomic E-state index is -0.211. The average molecular weight is 456 g/mol. The average Bonchev–Trinajstić information content (AvgIpc) is 3.42. The van der Waals surface area contributed by atoms with Gasteiger partial charge >= 0.3 is 6.03 Å². The normalized spacial score (nSPS) is 13.1. The Hall–Kier alpha value is -3.60. The van der Waals surface area contributed by atoms with Gasteiger partial charge in [-0.2, -0.15) is 0 Å². The van der Waals surface area contributed by atoms with E-state index in [0.717, 1.165) is 50.0 Å². The Labute approximate surface area is 202 Å². The van der Waals surface area contributed by atoms with Gasteiger partial charge in [-0.1, -0.05) is 72.8 Å². The molecule has 2 N–H and O–H groups in total. The molecular formula is C29H33N3O2. The largest absolute Gasteiger partial charge is 0.343 e. The second kappa shape index (κ2) is 12.0. The van der Waals surface area contributed by atoms with E-state index in [1.165, 1.54) is 11.1 Å². The number of carbonyl (C=O) groups is 2. The van der Waals surface area contributed by atoms with Gasteiger partial charge in [0.2, 0.25) is 5.91 Å². The fourth-order valence-electron chi connectivity index (χ4n) is 4.53. The molecule has 0 bridgehead atoms. The lowest BCUT2D eigenvalue weighted by molar-refractivity contribution is -0.130. The fourth-order valence-corrected chi connectivity index (χ4v) is 4.53. The molecule has 5 nitrogen and oxygen atoms in total. The predicted molar refractivity (Wildman–Crippen MR) is 137 cm³/mol. The van der Waals surface area contributed by atoms with Crippen LogP contribution in [-0.4, -0.2) is 36.5 Å². The standard InChI is InChI=1S/C29H33N3O2/c33-28(32-21-7-8-22-32)18-15-23-13-16-26(17-14-23)31-29(34)30-20-19-27(24-9-3-1-4-10-24)25-11-5-2-6-12-25/h1-6,9-14,16-17,27H,7-8,15,18-22H2,(H2,30,31,34). The fraction of sp³-hybridized carbons (Fsp3) is 0.310. The van der Waals surface area contributed by atoms with Crippen molar-refractivity contribution in [2.24, 2.45) is 0 Å². The number of benzene rings is 3. The van der Waals surface area contributed by atoms with Gasteiger partial charge in [0.1, 0.15) is 0 Å². The summed E-state index contributed by atoms with van der Waals surface area (Å²) in [5, 5.41) is 5.89. The van der Waals surface area contributed by atoms with Crippen LogP contribution >= 0.6 is 0 Å². The molecule has 1 fully saturated rings. The second-order valence-corrected chi connectivity index (χ2v) is 8.83. The zero-order valence-corrected chi connectivity index (χ0v) is 19.6. The molecule has 0 atom stereocenters. The molecule has 0 aromatic heterocycles. The lowest BCUT2D eigenvalue weighted by Gasteiger charge is -2.18. The summed E-state index contributed by atoms with van der Waals surface area (Å²) >= 11 is 0. The van der Waals surface area contributed by atoms with Crippen LogP contribution in [-0.2, 0) is 11.2 Å². The lowest BCUT2D eigenvalue weighted by Crippen LogP contribution is -2.30. The third-order valence-electron chi connectivity index (χ3n) is 6.42. The van der Waals surface area contributed by atoms with Crippen molar-refractivity contribution in [3.8, 4) is 0 Å². The van der Waals surface area contributed by atoms with Gasteiger partial charge in [-0.15, -0.1) is 0 Å². The number of hydrogen-bond donors (Lipinski definition) is 2. The molecule has 0 aliphatic carbocycles. The Morgan fingerprint density at radius 3 is 1.97 bits per heavy atom. The molecule has 0 unspecified atom stereocenters. The number of anilines is 1. The Morgan fingerprint density at radius 1 is 0.794 bits per heavy atom. The van der Waals surface area contributed by atoms with Crippen molar-refractivity contribution < 1.29 is 9.59 Å². The summed E-state index contributed by atoms with van der Waals surface area (Å²) in [5.74, 6) is 0.466. The lowest BCUT2D eigenvalue weighted by atomic mass is 9.88. The Kier molecular flexibility index (Phi) is 8.33. The van der Waals surface area contributed by atoms with Crippen molar-refractivity contribution in [1.82, 2.24) is 10.2 Å². The number of amides is 3. The Bertz CT molecular complexity index is 1010. The topological polar surface area (TPSA) is 61.4 Å². The molecule has 4 rings (SSSR count). The second-order valence-electron chi connectivity index (χ2n) is 8.83. The number of aryl methyl sites for hydroxylation is 1. The first-order chi connectivity index (χ1) is 16.7. The van der Waals surface area contributed by atoms with Crippen molar-refractivity contribution in [2.75, 3.05) is 25.0 Å². The van der Waals surface area contributed by atoms with Gasteiger partial charge in [0.05, 0.1) is 0 Å². The first kappa shape index (κ1) is 23.6. The van der Waals surface area contributed by atoms with Crippen LogP contribution in [0.4, 0.5) is 10.5 Å². The van der Waals surface area contributed by atoms with Crippen LogP contribution in [0.25, 0.3) is 0 Å². The van der Waals surface area contributed by atoms with Gasteiger partial charge in [-0.05, 0) is 54.5 Å². The third-order valence-corrected chi connectivity index (χ3v) is 6.42. The Balaban J connectivity index is 1.24. The molecule has 3 aromatic rings. The first-order valence-corrected chi connectivity index (χ1v) is 12.2. The maximum absolute atomic E-state index is 12.4. The van der Waals surface area contributed by atoms with Crippen molar-refractivity contribution in [2.45, 2.75) is 38.0 Å². The third kappa shape index (κ3) is 6.70. The summed E-state index contributed by atoms with van der Waals surface area (Å²) in [6, 6.07) is 28.3. The number of nitrogens with zero attached hydrogens (tertiary/aromatic N) is 1. The molecule has 1 aliphatic heterocycles. The molecule has 1 heterocycles. The van der Waals surface area contributed by atoms with Crippen molar-refractivity contribution in [3.63, 3.8) is 0 Å². The number of nitrogens with one attached hydrogen (secondary N) is 2. The summed E-state index contributed by atoms with van der Waals surface area (Å²) in [6.45, 7) is 2.36. The molecule has 0 radical (unpaired) electrons. The van der Waals surface area contributed by atoms with Crippen LogP contribution in [0.3, 0.4) is 0 Å². The maximum Gasteiger partial charge on any atom is 0.319 e. The summed E-state index contributed by atoms with van der Waals surface area (Å²) < 4.78 is 0. The minimum Gasteiger partial charge on any atom is -0.343 e. The smallest absolute Gasteiger partial charge is 0.319 e. The van der Waals surface area contributed by atoms with E-state index in [4.69, 9.17) is 0 Å². The molecule has 3 aromatic carbocycles. The highest BCUT2D eigenvalue weighted by Gasteiger charge is 2.17. The molecule has 5 heteroatoms. The van der Waals surface area contributed by atoms with Crippen LogP contribution in [0.5, 0.6) is 0 Å². The molecule has 0 saturated carbocycles. The highest BCUT2D eigenvalue weighted by molar-refractivity contribution is 5.89. The van der Waals surface area contributed by atoms with E-state index < -0.39 is 0 Å². The predicted octanol–water partition coefficient (Wildman–Crippen LogP) is 5.59. The number of likely N-dealkylation sites (tertiary alicyclic amines) is 1. The Morgan fingerprint density at radius 2 is 1.38 bits per heavy atom. The van der Waals surface area contributed by atoms with Crippen LogP contribution in [0, 0.1) is 0 Å². The van der Waals surface area contributed by atoms with Crippen LogP contribution < -0.4 is 10.6 Å². The van der Waals surface area contributed by atoms with Crippen LogP contribution in [0.15, 0.2) is 84.9 Å². The molecule has 176 valence electrons. The van der Waals surface area contributed by atoms with Gasteiger partial charge in [-0.25, -0.2) is 4.79 Å². The van der Waals surface area contributed by atoms with E-state index in [0.29, 0.717) is 13.0 Å². The zero-order valence-electron chi connectivity index (χ0n) is 19.6. The molecule has 34 heavy (non-hydrogen) atoms. The van der Waals surface area contributed by atoms with Crippen LogP contribution in [0.1, 0.15) is 48.3 Å². The molecule has 1 saturated heterocycles. The highest BCUT2D eigenvalue weighted by Crippen LogP contribution is 2.27. The number of carbonyl (C=O) groups excluding carboxylic acids is 2. The van der Waals surface area contributed by atoms with E-state index in [-0.39, 0.29) is 17.9 Å². The van der Waals surface area contributed by atoms with Gasteiger partial charge in [0, 0.05) is 37.7 Å². The van der Waals surface area contributed by atoms with Crippen LogP contribution in [0.2, 0.25) is 0 Å². The zero-order chi connectivity index (χ0) is 23.6. The van der Waals surface area contributed by atoms with Gasteiger partial charge in [0.15, 0.2) is 0 Å². The first-order valence-electron chi connectivity index (χ1n) is 12.2. The molecule has 3 amide bonds. The number of urea groups is 1. The molecule has 1 aliphatic rings. The van der Waals surface area contributed by atoms with E-state index in [1.54, 1.807) is 0 Å².